The SMILES string of the molecule is Cn1c(-c2ccc([N+](=O)[O-])cc2N)nc2cc(Cl)ccc21. The van der Waals surface area contributed by atoms with E-state index in [4.69, 9.17) is 17.3 Å². The van der Waals surface area contributed by atoms with Crippen LogP contribution in [0.5, 0.6) is 0 Å². The fraction of sp³-hybridized carbons (Fsp3) is 0.0714. The van der Waals surface area contributed by atoms with E-state index in [1.807, 2.05) is 17.7 Å². The molecule has 0 saturated carbocycles. The highest BCUT2D eigenvalue weighted by molar-refractivity contribution is 6.31. The molecule has 106 valence electrons. The van der Waals surface area contributed by atoms with Crippen molar-refractivity contribution in [1.29, 1.82) is 0 Å². The number of hydrogen-bond acceptors (Lipinski definition) is 4. The van der Waals surface area contributed by atoms with Crippen LogP contribution >= 0.6 is 11.6 Å². The van der Waals surface area contributed by atoms with E-state index in [9.17, 15) is 10.1 Å². The van der Waals surface area contributed by atoms with Gasteiger partial charge in [0, 0.05) is 35.5 Å². The quantitative estimate of drug-likeness (QED) is 0.446. The molecule has 0 atom stereocenters. The summed E-state index contributed by atoms with van der Waals surface area (Å²) in [4.78, 5) is 14.8. The molecule has 3 aromatic rings. The summed E-state index contributed by atoms with van der Waals surface area (Å²) in [5.74, 6) is 0.639. The van der Waals surface area contributed by atoms with Crippen LogP contribution in [0.15, 0.2) is 36.4 Å². The van der Waals surface area contributed by atoms with Crippen molar-refractivity contribution in [3.8, 4) is 11.4 Å². The molecule has 0 unspecified atom stereocenters. The summed E-state index contributed by atoms with van der Waals surface area (Å²) in [6.45, 7) is 0. The average molecular weight is 303 g/mol. The molecule has 0 spiro atoms. The first-order chi connectivity index (χ1) is 9.97. The first kappa shape index (κ1) is 13.4. The normalized spacial score (nSPS) is 11.0. The molecule has 2 aromatic carbocycles. The zero-order valence-corrected chi connectivity index (χ0v) is 11.8. The molecule has 2 N–H and O–H groups in total. The van der Waals surface area contributed by atoms with Crippen LogP contribution in [-0.4, -0.2) is 14.5 Å². The van der Waals surface area contributed by atoms with Crippen LogP contribution in [0.2, 0.25) is 5.02 Å². The lowest BCUT2D eigenvalue weighted by atomic mass is 10.1. The van der Waals surface area contributed by atoms with Gasteiger partial charge in [0.15, 0.2) is 0 Å². The van der Waals surface area contributed by atoms with Crippen LogP contribution < -0.4 is 5.73 Å². The number of benzene rings is 2. The van der Waals surface area contributed by atoms with E-state index in [0.717, 1.165) is 11.0 Å². The van der Waals surface area contributed by atoms with Crippen LogP contribution in [0, 0.1) is 10.1 Å². The second-order valence-corrected chi connectivity index (χ2v) is 5.09. The highest BCUT2D eigenvalue weighted by Gasteiger charge is 2.15. The largest absolute Gasteiger partial charge is 0.398 e. The van der Waals surface area contributed by atoms with Gasteiger partial charge in [-0.05, 0) is 24.3 Å². The lowest BCUT2D eigenvalue weighted by Gasteiger charge is -2.05. The van der Waals surface area contributed by atoms with Gasteiger partial charge in [0.2, 0.25) is 0 Å². The summed E-state index contributed by atoms with van der Waals surface area (Å²) in [5.41, 5.74) is 8.50. The second-order valence-electron chi connectivity index (χ2n) is 4.66. The Morgan fingerprint density at radius 3 is 2.71 bits per heavy atom. The van der Waals surface area contributed by atoms with Gasteiger partial charge in [-0.15, -0.1) is 0 Å². The Balaban J connectivity index is 2.21. The number of aryl methyl sites for hydroxylation is 1. The number of nitrogens with zero attached hydrogens (tertiary/aromatic N) is 3. The molecule has 21 heavy (non-hydrogen) atoms. The number of nitro groups is 1. The van der Waals surface area contributed by atoms with E-state index in [0.29, 0.717) is 22.1 Å². The van der Waals surface area contributed by atoms with Gasteiger partial charge in [0.1, 0.15) is 5.82 Å². The van der Waals surface area contributed by atoms with E-state index in [1.54, 1.807) is 18.2 Å². The molecule has 0 fully saturated rings. The molecule has 0 aliphatic carbocycles. The Hall–Kier alpha value is -2.60. The number of anilines is 1. The molecule has 0 amide bonds. The van der Waals surface area contributed by atoms with Crippen molar-refractivity contribution in [2.45, 2.75) is 0 Å². The molecule has 0 aliphatic heterocycles. The van der Waals surface area contributed by atoms with E-state index in [2.05, 4.69) is 4.98 Å². The summed E-state index contributed by atoms with van der Waals surface area (Å²) in [6.07, 6.45) is 0. The summed E-state index contributed by atoms with van der Waals surface area (Å²) in [7, 11) is 1.86. The molecular weight excluding hydrogens is 292 g/mol. The van der Waals surface area contributed by atoms with Gasteiger partial charge >= 0.3 is 0 Å². The number of rotatable bonds is 2. The molecule has 0 saturated heterocycles. The van der Waals surface area contributed by atoms with Crippen molar-refractivity contribution in [2.75, 3.05) is 5.73 Å². The standard InChI is InChI=1S/C14H11ClN4O2/c1-18-13-5-2-8(15)6-12(13)17-14(18)10-4-3-9(19(20)21)7-11(10)16/h2-7H,16H2,1H3. The summed E-state index contributed by atoms with van der Waals surface area (Å²) in [6, 6.07) is 9.78. The maximum absolute atomic E-state index is 10.8. The number of nitrogens with two attached hydrogens (primary N) is 1. The van der Waals surface area contributed by atoms with Crippen LogP contribution in [0.3, 0.4) is 0 Å². The summed E-state index contributed by atoms with van der Waals surface area (Å²) >= 11 is 5.96. The highest BCUT2D eigenvalue weighted by Crippen LogP contribution is 2.31. The second kappa shape index (κ2) is 4.75. The predicted molar refractivity (Wildman–Crippen MR) is 82.2 cm³/mol. The van der Waals surface area contributed by atoms with Gasteiger partial charge in [0.05, 0.1) is 16.0 Å². The topological polar surface area (TPSA) is 87.0 Å². The van der Waals surface area contributed by atoms with Crippen molar-refractivity contribution in [2.24, 2.45) is 7.05 Å². The Morgan fingerprint density at radius 1 is 1.29 bits per heavy atom. The first-order valence-corrected chi connectivity index (χ1v) is 6.51. The van der Waals surface area contributed by atoms with Crippen molar-refractivity contribution in [3.63, 3.8) is 0 Å². The van der Waals surface area contributed by atoms with Crippen LogP contribution in [0.1, 0.15) is 0 Å². The van der Waals surface area contributed by atoms with Gasteiger partial charge in [-0.1, -0.05) is 11.6 Å². The summed E-state index contributed by atoms with van der Waals surface area (Å²) in [5, 5.41) is 11.4. The Bertz CT molecular complexity index is 873. The average Bonchev–Trinajstić information content (AvgIpc) is 2.75. The third-order valence-corrected chi connectivity index (χ3v) is 3.56. The zero-order valence-electron chi connectivity index (χ0n) is 11.1. The number of halogens is 1. The number of nitro benzene ring substituents is 1. The lowest BCUT2D eigenvalue weighted by molar-refractivity contribution is -0.384. The molecule has 7 heteroatoms. The Morgan fingerprint density at radius 2 is 2.05 bits per heavy atom. The minimum atomic E-state index is -0.477. The number of imidazole rings is 1. The van der Waals surface area contributed by atoms with Crippen LogP contribution in [0.25, 0.3) is 22.4 Å². The van der Waals surface area contributed by atoms with Crippen molar-refractivity contribution >= 4 is 34.0 Å². The first-order valence-electron chi connectivity index (χ1n) is 6.13. The van der Waals surface area contributed by atoms with E-state index in [1.165, 1.54) is 12.1 Å². The predicted octanol–water partition coefficient (Wildman–Crippen LogP) is 3.38. The molecule has 1 heterocycles. The summed E-state index contributed by atoms with van der Waals surface area (Å²) < 4.78 is 1.88. The number of hydrogen-bond donors (Lipinski definition) is 1. The molecule has 3 rings (SSSR count). The highest BCUT2D eigenvalue weighted by atomic mass is 35.5. The van der Waals surface area contributed by atoms with Gasteiger partial charge in [-0.2, -0.15) is 0 Å². The maximum atomic E-state index is 10.8. The monoisotopic (exact) mass is 302 g/mol. The molecule has 0 aliphatic rings. The minimum absolute atomic E-state index is 0.0435. The maximum Gasteiger partial charge on any atom is 0.271 e. The van der Waals surface area contributed by atoms with Gasteiger partial charge in [-0.3, -0.25) is 10.1 Å². The Kier molecular flexibility index (Phi) is 3.03. The van der Waals surface area contributed by atoms with Crippen LogP contribution in [0.4, 0.5) is 11.4 Å². The fourth-order valence-electron chi connectivity index (χ4n) is 2.28. The number of aromatic nitrogens is 2. The number of fused-ring (bicyclic) bond motifs is 1. The smallest absolute Gasteiger partial charge is 0.271 e. The van der Waals surface area contributed by atoms with Gasteiger partial charge in [0.25, 0.3) is 5.69 Å². The minimum Gasteiger partial charge on any atom is -0.398 e. The molecule has 6 nitrogen and oxygen atoms in total. The van der Waals surface area contributed by atoms with Crippen molar-refractivity contribution in [3.05, 3.63) is 51.5 Å². The molecule has 1 aromatic heterocycles. The van der Waals surface area contributed by atoms with E-state index >= 15 is 0 Å². The van der Waals surface area contributed by atoms with Crippen molar-refractivity contribution in [1.82, 2.24) is 9.55 Å². The van der Waals surface area contributed by atoms with Gasteiger partial charge < -0.3 is 10.3 Å². The molecule has 0 radical (unpaired) electrons. The van der Waals surface area contributed by atoms with E-state index < -0.39 is 4.92 Å². The fourth-order valence-corrected chi connectivity index (χ4v) is 2.45. The Labute approximate surface area is 124 Å². The molecular formula is C14H11ClN4O2. The number of non-ortho nitro benzene ring substituents is 1. The van der Waals surface area contributed by atoms with Crippen LogP contribution in [-0.2, 0) is 7.05 Å². The third-order valence-electron chi connectivity index (χ3n) is 3.33. The zero-order chi connectivity index (χ0) is 15.1. The van der Waals surface area contributed by atoms with Gasteiger partial charge in [-0.25, -0.2) is 4.98 Å². The third kappa shape index (κ3) is 2.19. The lowest BCUT2D eigenvalue weighted by Crippen LogP contribution is -1.98. The molecule has 0 bridgehead atoms. The van der Waals surface area contributed by atoms with Crippen molar-refractivity contribution < 1.29 is 4.92 Å². The van der Waals surface area contributed by atoms with E-state index in [-0.39, 0.29) is 5.69 Å². The number of nitrogen functional groups attached to an aromatic ring is 1.